The van der Waals surface area contributed by atoms with Crippen molar-refractivity contribution in [1.82, 2.24) is 14.8 Å². The number of hydrogen-bond acceptors (Lipinski definition) is 5. The molecule has 1 aliphatic carbocycles. The van der Waals surface area contributed by atoms with Gasteiger partial charge in [0.05, 0.1) is 24.6 Å². The van der Waals surface area contributed by atoms with E-state index in [2.05, 4.69) is 16.4 Å². The van der Waals surface area contributed by atoms with Gasteiger partial charge in [0.2, 0.25) is 11.8 Å². The number of ether oxygens (including phenoxy) is 1. The number of likely N-dealkylation sites (N-methyl/N-ethyl adjacent to an activating group) is 1. The molecule has 0 bridgehead atoms. The number of aromatic amines is 1. The van der Waals surface area contributed by atoms with Gasteiger partial charge in [0.1, 0.15) is 17.5 Å². The largest absolute Gasteiger partial charge is 0.490 e. The van der Waals surface area contributed by atoms with E-state index >= 15 is 0 Å². The van der Waals surface area contributed by atoms with Gasteiger partial charge in [-0.05, 0) is 49.6 Å². The summed E-state index contributed by atoms with van der Waals surface area (Å²) in [7, 11) is 1.55. The van der Waals surface area contributed by atoms with Crippen LogP contribution in [0, 0.1) is 17.2 Å². The quantitative estimate of drug-likeness (QED) is 0.533. The van der Waals surface area contributed by atoms with E-state index in [1.165, 1.54) is 9.80 Å². The highest BCUT2D eigenvalue weighted by Crippen LogP contribution is 2.33. The lowest BCUT2D eigenvalue weighted by Gasteiger charge is -2.23. The van der Waals surface area contributed by atoms with Gasteiger partial charge in [-0.1, -0.05) is 24.3 Å². The third-order valence-electron chi connectivity index (χ3n) is 6.57. The summed E-state index contributed by atoms with van der Waals surface area (Å²) in [5, 5.41) is 13.3. The van der Waals surface area contributed by atoms with Crippen LogP contribution in [-0.2, 0) is 9.59 Å². The van der Waals surface area contributed by atoms with Crippen LogP contribution in [0.4, 0.5) is 5.69 Å². The number of nitrogens with zero attached hydrogens (tertiary/aromatic N) is 3. The van der Waals surface area contributed by atoms with Crippen LogP contribution in [0.1, 0.15) is 29.8 Å². The van der Waals surface area contributed by atoms with Crippen molar-refractivity contribution < 1.29 is 19.1 Å². The van der Waals surface area contributed by atoms with Crippen molar-refractivity contribution in [2.45, 2.75) is 31.4 Å². The zero-order valence-electron chi connectivity index (χ0n) is 19.9. The fraction of sp³-hybridized carbons (Fsp3) is 0.333. The summed E-state index contributed by atoms with van der Waals surface area (Å²) in [6.45, 7) is -0.0726. The minimum atomic E-state index is -0.720. The molecule has 3 amide bonds. The number of carbonyl (C=O) groups excluding carboxylic acids is 3. The van der Waals surface area contributed by atoms with Crippen molar-refractivity contribution >= 4 is 34.3 Å². The molecular weight excluding hydrogens is 458 g/mol. The molecule has 2 heterocycles. The third-order valence-corrected chi connectivity index (χ3v) is 6.57. The average Bonchev–Trinajstić information content (AvgIpc) is 3.41. The zero-order valence-corrected chi connectivity index (χ0v) is 19.9. The highest BCUT2D eigenvalue weighted by molar-refractivity contribution is 6.01. The lowest BCUT2D eigenvalue weighted by molar-refractivity contribution is -0.131. The topological polar surface area (TPSA) is 119 Å². The van der Waals surface area contributed by atoms with Crippen molar-refractivity contribution in [2.24, 2.45) is 5.92 Å². The minimum absolute atomic E-state index is 0.131. The van der Waals surface area contributed by atoms with E-state index in [1.807, 2.05) is 36.4 Å². The number of carbonyl (C=O) groups is 3. The Bertz CT molecular complexity index is 1340. The molecule has 2 aliphatic rings. The van der Waals surface area contributed by atoms with Crippen LogP contribution in [0.25, 0.3) is 10.9 Å². The Kier molecular flexibility index (Phi) is 6.34. The molecule has 0 radical (unpaired) electrons. The lowest BCUT2D eigenvalue weighted by atomic mass is 10.1. The fourth-order valence-corrected chi connectivity index (χ4v) is 4.47. The third kappa shape index (κ3) is 4.89. The molecule has 1 saturated heterocycles. The lowest BCUT2D eigenvalue weighted by Crippen LogP contribution is -2.43. The predicted molar refractivity (Wildman–Crippen MR) is 133 cm³/mol. The molecule has 3 aromatic rings. The first-order valence-corrected chi connectivity index (χ1v) is 12.0. The second-order valence-electron chi connectivity index (χ2n) is 9.36. The molecule has 36 heavy (non-hydrogen) atoms. The van der Waals surface area contributed by atoms with E-state index in [0.717, 1.165) is 29.5 Å². The highest BCUT2D eigenvalue weighted by atomic mass is 16.5. The summed E-state index contributed by atoms with van der Waals surface area (Å²) in [5.74, 6) is -0.719. The first kappa shape index (κ1) is 23.4. The molecule has 0 spiro atoms. The predicted octanol–water partition coefficient (Wildman–Crippen LogP) is 3.16. The van der Waals surface area contributed by atoms with Gasteiger partial charge in [0, 0.05) is 30.2 Å². The molecule has 2 unspecified atom stereocenters. The minimum Gasteiger partial charge on any atom is -0.490 e. The van der Waals surface area contributed by atoms with Crippen LogP contribution in [0.3, 0.4) is 0 Å². The Hall–Kier alpha value is -4.32. The number of anilines is 1. The van der Waals surface area contributed by atoms with E-state index in [9.17, 15) is 19.6 Å². The number of nitriles is 1. The van der Waals surface area contributed by atoms with E-state index < -0.39 is 12.0 Å². The van der Waals surface area contributed by atoms with Gasteiger partial charge in [0.15, 0.2) is 0 Å². The molecule has 9 heteroatoms. The molecule has 2 fully saturated rings. The Morgan fingerprint density at radius 2 is 1.94 bits per heavy atom. The monoisotopic (exact) mass is 485 g/mol. The van der Waals surface area contributed by atoms with Crippen LogP contribution in [0.15, 0.2) is 54.6 Å². The second kappa shape index (κ2) is 9.74. The maximum atomic E-state index is 13.1. The molecule has 1 saturated carbocycles. The number of aromatic nitrogens is 1. The molecule has 2 atom stereocenters. The number of amides is 3. The molecular formula is C27H27N5O4. The van der Waals surface area contributed by atoms with Gasteiger partial charge >= 0.3 is 0 Å². The normalized spacial score (nSPS) is 19.1. The van der Waals surface area contributed by atoms with Crippen LogP contribution in [0.5, 0.6) is 5.75 Å². The fourth-order valence-electron chi connectivity index (χ4n) is 4.47. The number of benzene rings is 2. The van der Waals surface area contributed by atoms with Crippen molar-refractivity contribution in [3.8, 4) is 11.8 Å². The average molecular weight is 486 g/mol. The van der Waals surface area contributed by atoms with Crippen molar-refractivity contribution in [2.75, 3.05) is 25.5 Å². The summed E-state index contributed by atoms with van der Waals surface area (Å²) >= 11 is 0. The maximum Gasteiger partial charge on any atom is 0.270 e. The zero-order chi connectivity index (χ0) is 25.2. The van der Waals surface area contributed by atoms with Crippen molar-refractivity contribution in [1.29, 1.82) is 5.26 Å². The molecule has 5 rings (SSSR count). The van der Waals surface area contributed by atoms with E-state index in [0.29, 0.717) is 11.4 Å². The number of likely N-dealkylation sites (tertiary alicyclic amines) is 1. The molecule has 2 N–H and O–H groups in total. The molecule has 2 aromatic carbocycles. The van der Waals surface area contributed by atoms with E-state index in [-0.39, 0.29) is 43.3 Å². The molecule has 184 valence electrons. The van der Waals surface area contributed by atoms with Crippen LogP contribution < -0.4 is 10.1 Å². The van der Waals surface area contributed by atoms with Gasteiger partial charge in [-0.15, -0.1) is 0 Å². The first-order valence-electron chi connectivity index (χ1n) is 12.0. The van der Waals surface area contributed by atoms with Gasteiger partial charge in [-0.25, -0.2) is 0 Å². The van der Waals surface area contributed by atoms with Crippen LogP contribution >= 0.6 is 0 Å². The Morgan fingerprint density at radius 3 is 2.67 bits per heavy atom. The van der Waals surface area contributed by atoms with E-state index in [1.54, 1.807) is 25.2 Å². The van der Waals surface area contributed by atoms with Crippen LogP contribution in [0.2, 0.25) is 0 Å². The Morgan fingerprint density at radius 1 is 1.17 bits per heavy atom. The van der Waals surface area contributed by atoms with E-state index in [4.69, 9.17) is 4.74 Å². The first-order chi connectivity index (χ1) is 17.4. The van der Waals surface area contributed by atoms with Crippen molar-refractivity contribution in [3.05, 3.63) is 60.3 Å². The molecule has 1 aliphatic heterocycles. The number of nitrogens with one attached hydrogen (secondary N) is 2. The highest BCUT2D eigenvalue weighted by Gasteiger charge is 2.39. The summed E-state index contributed by atoms with van der Waals surface area (Å²) in [5.41, 5.74) is 1.80. The SMILES string of the molecule is CN(CC(=O)N1CC(C(=O)Nc2ccccc2)CC1C#N)C(=O)c1cc2c(OC3CC3)cccc2[nH]1. The number of hydrogen-bond donors (Lipinski definition) is 2. The maximum absolute atomic E-state index is 13.1. The summed E-state index contributed by atoms with van der Waals surface area (Å²) < 4.78 is 5.95. The molecule has 9 nitrogen and oxygen atoms in total. The molecule has 1 aromatic heterocycles. The summed E-state index contributed by atoms with van der Waals surface area (Å²) in [4.78, 5) is 44.7. The van der Waals surface area contributed by atoms with Gasteiger partial charge in [0.25, 0.3) is 5.91 Å². The summed E-state index contributed by atoms with van der Waals surface area (Å²) in [6, 6.07) is 17.8. The van der Waals surface area contributed by atoms with Gasteiger partial charge < -0.3 is 24.8 Å². The van der Waals surface area contributed by atoms with Gasteiger partial charge in [-0.2, -0.15) is 5.26 Å². The second-order valence-corrected chi connectivity index (χ2v) is 9.36. The Labute approximate surface area is 208 Å². The van der Waals surface area contributed by atoms with Gasteiger partial charge in [-0.3, -0.25) is 14.4 Å². The standard InChI is InChI=1S/C27H27N5O4/c1-31(27(35)23-13-21-22(30-23)8-5-9-24(21)36-20-10-11-20)16-25(33)32-15-17(12-19(32)14-28)26(34)29-18-6-3-2-4-7-18/h2-9,13,17,19-20,30H,10-12,15-16H2,1H3,(H,29,34). The van der Waals surface area contributed by atoms with Crippen molar-refractivity contribution in [3.63, 3.8) is 0 Å². The number of H-pyrrole nitrogens is 1. The number of para-hydroxylation sites is 1. The number of fused-ring (bicyclic) bond motifs is 1. The number of rotatable bonds is 7. The smallest absolute Gasteiger partial charge is 0.270 e. The summed E-state index contributed by atoms with van der Waals surface area (Å²) in [6.07, 6.45) is 2.56. The van der Waals surface area contributed by atoms with Crippen LogP contribution in [-0.4, -0.2) is 64.8 Å². The Balaban J connectivity index is 1.23.